The van der Waals surface area contributed by atoms with Gasteiger partial charge in [-0.3, -0.25) is 14.2 Å². The Balaban J connectivity index is 2.36. The molecule has 0 spiro atoms. The molecule has 0 radical (unpaired) electrons. The van der Waals surface area contributed by atoms with Gasteiger partial charge in [0, 0.05) is 12.4 Å². The maximum Gasteiger partial charge on any atom is 0.170 e. The third kappa shape index (κ3) is 1.67. The third-order valence-corrected chi connectivity index (χ3v) is 2.86. The fourth-order valence-corrected chi connectivity index (χ4v) is 2.01. The van der Waals surface area contributed by atoms with Crippen LogP contribution in [0.3, 0.4) is 0 Å². The van der Waals surface area contributed by atoms with Gasteiger partial charge < -0.3 is 0 Å². The fraction of sp³-hybridized carbons (Fsp3) is 0. The summed E-state index contributed by atoms with van der Waals surface area (Å²) in [4.78, 5) is 19.5. The number of halogens is 1. The smallest absolute Gasteiger partial charge is 0.170 e. The van der Waals surface area contributed by atoms with Crippen LogP contribution in [0.1, 0.15) is 10.5 Å². The molecular formula is C13H8ClN3O. The minimum absolute atomic E-state index is 0.382. The molecule has 0 aliphatic rings. The second-order valence-corrected chi connectivity index (χ2v) is 4.19. The first-order valence-electron chi connectivity index (χ1n) is 5.34. The number of rotatable bonds is 2. The first-order valence-corrected chi connectivity index (χ1v) is 5.71. The van der Waals surface area contributed by atoms with E-state index < -0.39 is 0 Å². The fourth-order valence-electron chi connectivity index (χ4n) is 1.85. The normalized spacial score (nSPS) is 10.7. The van der Waals surface area contributed by atoms with E-state index in [1.54, 1.807) is 28.9 Å². The Morgan fingerprint density at radius 2 is 2.11 bits per heavy atom. The van der Waals surface area contributed by atoms with Crippen molar-refractivity contribution in [1.29, 1.82) is 0 Å². The molecule has 0 aliphatic carbocycles. The number of nitrogens with zero attached hydrogens (tertiary/aromatic N) is 3. The summed E-state index contributed by atoms with van der Waals surface area (Å²) in [6.07, 6.45) is 4.14. The Bertz CT molecular complexity index is 722. The van der Waals surface area contributed by atoms with Gasteiger partial charge in [0.2, 0.25) is 0 Å². The molecular weight excluding hydrogens is 250 g/mol. The predicted molar refractivity (Wildman–Crippen MR) is 68.8 cm³/mol. The SMILES string of the molecule is O=Cc1nc(-c2ccccn2)n2cc(Cl)ccc12. The maximum atomic E-state index is 11.0. The van der Waals surface area contributed by atoms with Gasteiger partial charge >= 0.3 is 0 Å². The van der Waals surface area contributed by atoms with Crippen LogP contribution in [0, 0.1) is 0 Å². The molecule has 3 aromatic rings. The predicted octanol–water partition coefficient (Wildman–Crippen LogP) is 2.86. The Morgan fingerprint density at radius 3 is 2.83 bits per heavy atom. The molecule has 0 atom stereocenters. The molecule has 0 saturated heterocycles. The topological polar surface area (TPSA) is 47.3 Å². The summed E-state index contributed by atoms with van der Waals surface area (Å²) < 4.78 is 1.77. The number of fused-ring (bicyclic) bond motifs is 1. The summed E-state index contributed by atoms with van der Waals surface area (Å²) in [6.45, 7) is 0. The van der Waals surface area contributed by atoms with Gasteiger partial charge in [-0.05, 0) is 24.3 Å². The van der Waals surface area contributed by atoms with E-state index in [2.05, 4.69) is 9.97 Å². The highest BCUT2D eigenvalue weighted by Crippen LogP contribution is 2.22. The average Bonchev–Trinajstić information content (AvgIpc) is 2.77. The molecule has 3 aromatic heterocycles. The molecule has 18 heavy (non-hydrogen) atoms. The summed E-state index contributed by atoms with van der Waals surface area (Å²) >= 11 is 5.97. The van der Waals surface area contributed by atoms with E-state index in [4.69, 9.17) is 11.6 Å². The highest BCUT2D eigenvalue weighted by atomic mass is 35.5. The van der Waals surface area contributed by atoms with Crippen molar-refractivity contribution in [1.82, 2.24) is 14.4 Å². The van der Waals surface area contributed by atoms with Crippen LogP contribution in [0.15, 0.2) is 42.7 Å². The molecule has 3 rings (SSSR count). The van der Waals surface area contributed by atoms with Gasteiger partial charge in [0.05, 0.1) is 10.5 Å². The van der Waals surface area contributed by atoms with Crippen molar-refractivity contribution >= 4 is 23.4 Å². The number of carbonyl (C=O) groups is 1. The molecule has 0 N–H and O–H groups in total. The second-order valence-electron chi connectivity index (χ2n) is 3.76. The van der Waals surface area contributed by atoms with Gasteiger partial charge in [-0.1, -0.05) is 17.7 Å². The first kappa shape index (κ1) is 10.9. The number of aldehydes is 1. The van der Waals surface area contributed by atoms with Crippen molar-refractivity contribution in [2.75, 3.05) is 0 Å². The first-order chi connectivity index (χ1) is 8.79. The van der Waals surface area contributed by atoms with Crippen LogP contribution >= 0.6 is 11.6 Å². The van der Waals surface area contributed by atoms with Crippen molar-refractivity contribution in [2.45, 2.75) is 0 Å². The van der Waals surface area contributed by atoms with Crippen LogP contribution in [0.4, 0.5) is 0 Å². The zero-order chi connectivity index (χ0) is 12.5. The number of hydrogen-bond acceptors (Lipinski definition) is 3. The molecule has 4 nitrogen and oxygen atoms in total. The van der Waals surface area contributed by atoms with Gasteiger partial charge in [0.25, 0.3) is 0 Å². The molecule has 0 saturated carbocycles. The lowest BCUT2D eigenvalue weighted by atomic mass is 10.3. The minimum atomic E-state index is 0.382. The highest BCUT2D eigenvalue weighted by Gasteiger charge is 2.12. The Hall–Kier alpha value is -2.20. The van der Waals surface area contributed by atoms with Crippen molar-refractivity contribution < 1.29 is 4.79 Å². The van der Waals surface area contributed by atoms with Crippen molar-refractivity contribution in [2.24, 2.45) is 0 Å². The van der Waals surface area contributed by atoms with Gasteiger partial charge in [0.15, 0.2) is 12.1 Å². The summed E-state index contributed by atoms with van der Waals surface area (Å²) in [6, 6.07) is 9.03. The van der Waals surface area contributed by atoms with Gasteiger partial charge in [0.1, 0.15) is 11.4 Å². The molecule has 0 aliphatic heterocycles. The summed E-state index contributed by atoms with van der Waals surface area (Å²) in [7, 11) is 0. The summed E-state index contributed by atoms with van der Waals surface area (Å²) in [5.74, 6) is 0.607. The summed E-state index contributed by atoms with van der Waals surface area (Å²) in [5, 5.41) is 0.578. The molecule has 0 aromatic carbocycles. The van der Waals surface area contributed by atoms with Crippen LogP contribution in [-0.2, 0) is 0 Å². The Labute approximate surface area is 108 Å². The van der Waals surface area contributed by atoms with E-state index in [0.717, 1.165) is 11.8 Å². The number of hydrogen-bond donors (Lipinski definition) is 0. The van der Waals surface area contributed by atoms with E-state index in [9.17, 15) is 4.79 Å². The van der Waals surface area contributed by atoms with Gasteiger partial charge in [-0.2, -0.15) is 0 Å². The maximum absolute atomic E-state index is 11.0. The van der Waals surface area contributed by atoms with E-state index in [1.807, 2.05) is 18.2 Å². The molecule has 0 amide bonds. The van der Waals surface area contributed by atoms with E-state index in [1.165, 1.54) is 0 Å². The minimum Gasteiger partial charge on any atom is -0.296 e. The molecule has 88 valence electrons. The molecule has 0 bridgehead atoms. The van der Waals surface area contributed by atoms with Crippen LogP contribution in [0.25, 0.3) is 17.0 Å². The lowest BCUT2D eigenvalue weighted by Crippen LogP contribution is -1.90. The molecule has 3 heterocycles. The van der Waals surface area contributed by atoms with Crippen LogP contribution < -0.4 is 0 Å². The Morgan fingerprint density at radius 1 is 1.22 bits per heavy atom. The van der Waals surface area contributed by atoms with E-state index in [0.29, 0.717) is 22.2 Å². The van der Waals surface area contributed by atoms with Gasteiger partial charge in [-0.25, -0.2) is 4.98 Å². The second kappa shape index (κ2) is 4.23. The number of pyridine rings is 2. The van der Waals surface area contributed by atoms with Crippen LogP contribution in [0.2, 0.25) is 5.02 Å². The van der Waals surface area contributed by atoms with Gasteiger partial charge in [-0.15, -0.1) is 0 Å². The van der Waals surface area contributed by atoms with Crippen molar-refractivity contribution in [3.63, 3.8) is 0 Å². The van der Waals surface area contributed by atoms with Crippen LogP contribution in [-0.4, -0.2) is 20.7 Å². The summed E-state index contributed by atoms with van der Waals surface area (Å²) in [5.41, 5.74) is 1.80. The number of carbonyl (C=O) groups excluding carboxylic acids is 1. The zero-order valence-electron chi connectivity index (χ0n) is 9.25. The monoisotopic (exact) mass is 257 g/mol. The quantitative estimate of drug-likeness (QED) is 0.663. The largest absolute Gasteiger partial charge is 0.296 e. The van der Waals surface area contributed by atoms with Crippen molar-refractivity contribution in [3.05, 3.63) is 53.4 Å². The molecule has 5 heteroatoms. The third-order valence-electron chi connectivity index (χ3n) is 2.63. The van der Waals surface area contributed by atoms with E-state index in [-0.39, 0.29) is 0 Å². The number of aromatic nitrogens is 3. The standard InChI is InChI=1S/C13H8ClN3O/c14-9-4-5-12-11(8-18)16-13(17(12)7-9)10-3-1-2-6-15-10/h1-8H. The lowest BCUT2D eigenvalue weighted by molar-refractivity contribution is 0.112. The average molecular weight is 258 g/mol. The molecule has 0 unspecified atom stereocenters. The number of imidazole rings is 1. The molecule has 0 fully saturated rings. The zero-order valence-corrected chi connectivity index (χ0v) is 10.0. The Kier molecular flexibility index (Phi) is 2.57. The highest BCUT2D eigenvalue weighted by molar-refractivity contribution is 6.30. The van der Waals surface area contributed by atoms with Crippen molar-refractivity contribution in [3.8, 4) is 11.5 Å². The lowest BCUT2D eigenvalue weighted by Gasteiger charge is -2.00. The van der Waals surface area contributed by atoms with E-state index >= 15 is 0 Å². The van der Waals surface area contributed by atoms with Crippen LogP contribution in [0.5, 0.6) is 0 Å².